The second-order valence-electron chi connectivity index (χ2n) is 4.21. The van der Waals surface area contributed by atoms with Crippen molar-refractivity contribution < 1.29 is 14.2 Å². The molecule has 3 nitrogen and oxygen atoms in total. The summed E-state index contributed by atoms with van der Waals surface area (Å²) in [4.78, 5) is 1.62. The highest BCUT2D eigenvalue weighted by Gasteiger charge is 2.33. The number of alkyl halides is 1. The number of hydrogen-bond donors (Lipinski definition) is 1. The van der Waals surface area contributed by atoms with Gasteiger partial charge in [-0.1, -0.05) is 0 Å². The van der Waals surface area contributed by atoms with E-state index in [1.54, 1.807) is 11.8 Å². The Hall–Kier alpha value is -0.190. The molecule has 1 aliphatic heterocycles. The Labute approximate surface area is 78.5 Å². The summed E-state index contributed by atoms with van der Waals surface area (Å²) >= 11 is 0. The van der Waals surface area contributed by atoms with E-state index >= 15 is 0 Å². The van der Waals surface area contributed by atoms with E-state index in [0.717, 1.165) is 0 Å². The molecule has 1 rings (SSSR count). The lowest BCUT2D eigenvalue weighted by molar-refractivity contribution is -0.0252. The summed E-state index contributed by atoms with van der Waals surface area (Å²) < 4.78 is 18.4. The SMILES string of the molecule is CC(C)N1CC(C)(O)COCC1F. The summed E-state index contributed by atoms with van der Waals surface area (Å²) in [7, 11) is 0. The summed E-state index contributed by atoms with van der Waals surface area (Å²) in [5, 5.41) is 9.76. The molecule has 1 saturated heterocycles. The average Bonchev–Trinajstić information content (AvgIpc) is 2.10. The van der Waals surface area contributed by atoms with Gasteiger partial charge < -0.3 is 9.84 Å². The van der Waals surface area contributed by atoms with Gasteiger partial charge in [-0.15, -0.1) is 0 Å². The van der Waals surface area contributed by atoms with Crippen molar-refractivity contribution in [2.45, 2.75) is 38.7 Å². The minimum atomic E-state index is -1.10. The van der Waals surface area contributed by atoms with E-state index in [0.29, 0.717) is 6.54 Å². The number of hydrogen-bond acceptors (Lipinski definition) is 3. The van der Waals surface area contributed by atoms with Gasteiger partial charge in [-0.05, 0) is 20.8 Å². The van der Waals surface area contributed by atoms with Crippen molar-refractivity contribution in [3.63, 3.8) is 0 Å². The van der Waals surface area contributed by atoms with Gasteiger partial charge in [0.1, 0.15) is 0 Å². The first-order valence-corrected chi connectivity index (χ1v) is 4.62. The lowest BCUT2D eigenvalue weighted by Gasteiger charge is -2.31. The minimum Gasteiger partial charge on any atom is -0.386 e. The van der Waals surface area contributed by atoms with E-state index in [1.807, 2.05) is 13.8 Å². The first-order valence-electron chi connectivity index (χ1n) is 4.62. The molecule has 0 spiro atoms. The van der Waals surface area contributed by atoms with Crippen LogP contribution in [0, 0.1) is 0 Å². The molecule has 0 aromatic rings. The van der Waals surface area contributed by atoms with Crippen molar-refractivity contribution in [3.05, 3.63) is 0 Å². The minimum absolute atomic E-state index is 0.0499. The Balaban J connectivity index is 2.67. The molecule has 2 unspecified atom stereocenters. The van der Waals surface area contributed by atoms with Crippen LogP contribution in [0.25, 0.3) is 0 Å². The summed E-state index contributed by atoms with van der Waals surface area (Å²) in [6.07, 6.45) is -1.10. The highest BCUT2D eigenvalue weighted by molar-refractivity contribution is 4.83. The number of rotatable bonds is 1. The molecule has 0 aliphatic carbocycles. The number of halogens is 1. The van der Waals surface area contributed by atoms with Gasteiger partial charge in [-0.2, -0.15) is 0 Å². The van der Waals surface area contributed by atoms with Gasteiger partial charge >= 0.3 is 0 Å². The quantitative estimate of drug-likeness (QED) is 0.621. The van der Waals surface area contributed by atoms with Crippen LogP contribution < -0.4 is 0 Å². The van der Waals surface area contributed by atoms with Crippen molar-refractivity contribution in [2.24, 2.45) is 0 Å². The van der Waals surface area contributed by atoms with Crippen LogP contribution >= 0.6 is 0 Å². The zero-order valence-corrected chi connectivity index (χ0v) is 8.46. The predicted molar refractivity (Wildman–Crippen MR) is 48.2 cm³/mol. The van der Waals surface area contributed by atoms with Crippen molar-refractivity contribution in [2.75, 3.05) is 19.8 Å². The van der Waals surface area contributed by atoms with Gasteiger partial charge in [-0.3, -0.25) is 4.90 Å². The van der Waals surface area contributed by atoms with Crippen LogP contribution in [-0.4, -0.2) is 47.7 Å². The maximum atomic E-state index is 13.4. The molecule has 0 bridgehead atoms. The molecule has 1 N–H and O–H groups in total. The van der Waals surface area contributed by atoms with Crippen LogP contribution in [0.4, 0.5) is 4.39 Å². The first kappa shape index (κ1) is 10.9. The number of nitrogens with zero attached hydrogens (tertiary/aromatic N) is 1. The number of aliphatic hydroxyl groups is 1. The molecule has 0 amide bonds. The molecule has 13 heavy (non-hydrogen) atoms. The standard InChI is InChI=1S/C9H18FNO2/c1-7(2)11-5-9(3,12)6-13-4-8(11)10/h7-8,12H,4-6H2,1-3H3. The molecular weight excluding hydrogens is 173 g/mol. The Bertz CT molecular complexity index is 173. The van der Waals surface area contributed by atoms with Crippen molar-refractivity contribution in [1.82, 2.24) is 4.90 Å². The molecule has 1 aliphatic rings. The van der Waals surface area contributed by atoms with Crippen molar-refractivity contribution >= 4 is 0 Å². The van der Waals surface area contributed by atoms with Gasteiger partial charge in [0.15, 0.2) is 6.30 Å². The van der Waals surface area contributed by atoms with E-state index in [-0.39, 0.29) is 19.3 Å². The third-order valence-corrected chi connectivity index (χ3v) is 2.21. The highest BCUT2D eigenvalue weighted by Crippen LogP contribution is 2.18. The zero-order valence-electron chi connectivity index (χ0n) is 8.46. The Morgan fingerprint density at radius 1 is 1.62 bits per heavy atom. The molecule has 4 heteroatoms. The summed E-state index contributed by atoms with van der Waals surface area (Å²) in [6.45, 7) is 6.07. The Morgan fingerprint density at radius 3 is 2.77 bits per heavy atom. The van der Waals surface area contributed by atoms with Crippen LogP contribution in [0.1, 0.15) is 20.8 Å². The van der Waals surface area contributed by atoms with Crippen LogP contribution in [0.5, 0.6) is 0 Å². The van der Waals surface area contributed by atoms with E-state index in [9.17, 15) is 9.50 Å². The van der Waals surface area contributed by atoms with Crippen LogP contribution in [0.2, 0.25) is 0 Å². The van der Waals surface area contributed by atoms with Gasteiger partial charge in [-0.25, -0.2) is 4.39 Å². The molecule has 0 saturated carbocycles. The fraction of sp³-hybridized carbons (Fsp3) is 1.00. The molecule has 0 aromatic carbocycles. The van der Waals surface area contributed by atoms with Gasteiger partial charge in [0.25, 0.3) is 0 Å². The predicted octanol–water partition coefficient (Wildman–Crippen LogP) is 0.774. The van der Waals surface area contributed by atoms with Gasteiger partial charge in [0.2, 0.25) is 0 Å². The molecule has 1 heterocycles. The van der Waals surface area contributed by atoms with Crippen molar-refractivity contribution in [3.8, 4) is 0 Å². The van der Waals surface area contributed by atoms with Gasteiger partial charge in [0.05, 0.1) is 18.8 Å². The maximum Gasteiger partial charge on any atom is 0.177 e. The highest BCUT2D eigenvalue weighted by atomic mass is 19.1. The molecule has 0 aromatic heterocycles. The first-order chi connectivity index (χ1) is 5.92. The number of β-amino-alcohol motifs (C(OH)–C–C–N with tert-alkyl or cyclic N) is 1. The van der Waals surface area contributed by atoms with Crippen LogP contribution in [0.15, 0.2) is 0 Å². The molecule has 2 atom stereocenters. The van der Waals surface area contributed by atoms with E-state index < -0.39 is 11.9 Å². The molecule has 78 valence electrons. The third-order valence-electron chi connectivity index (χ3n) is 2.21. The summed E-state index contributed by atoms with van der Waals surface area (Å²) in [6, 6.07) is 0.0863. The lowest BCUT2D eigenvalue weighted by atomic mass is 10.1. The topological polar surface area (TPSA) is 32.7 Å². The average molecular weight is 191 g/mol. The van der Waals surface area contributed by atoms with Crippen molar-refractivity contribution in [1.29, 1.82) is 0 Å². The molecule has 1 fully saturated rings. The fourth-order valence-corrected chi connectivity index (χ4v) is 1.52. The third kappa shape index (κ3) is 2.90. The van der Waals surface area contributed by atoms with E-state index in [1.165, 1.54) is 0 Å². The van der Waals surface area contributed by atoms with Crippen LogP contribution in [0.3, 0.4) is 0 Å². The van der Waals surface area contributed by atoms with Crippen LogP contribution in [-0.2, 0) is 4.74 Å². The number of ether oxygens (including phenoxy) is 1. The van der Waals surface area contributed by atoms with Gasteiger partial charge in [0, 0.05) is 12.6 Å². The monoisotopic (exact) mass is 191 g/mol. The maximum absolute atomic E-state index is 13.4. The second kappa shape index (κ2) is 3.90. The van der Waals surface area contributed by atoms with E-state index in [4.69, 9.17) is 4.74 Å². The summed E-state index contributed by atoms with van der Waals surface area (Å²) in [5.41, 5.74) is -0.939. The molecular formula is C9H18FNO2. The zero-order chi connectivity index (χ0) is 10.1. The smallest absolute Gasteiger partial charge is 0.177 e. The van der Waals surface area contributed by atoms with E-state index in [2.05, 4.69) is 0 Å². The Kier molecular flexibility index (Phi) is 3.27. The fourth-order valence-electron chi connectivity index (χ4n) is 1.52. The second-order valence-corrected chi connectivity index (χ2v) is 4.21. The lowest BCUT2D eigenvalue weighted by Crippen LogP contribution is -2.47. The largest absolute Gasteiger partial charge is 0.386 e. The Morgan fingerprint density at radius 2 is 2.23 bits per heavy atom. The molecule has 0 radical (unpaired) electrons. The summed E-state index contributed by atoms with van der Waals surface area (Å²) in [5.74, 6) is 0. The normalized spacial score (nSPS) is 37.8.